The van der Waals surface area contributed by atoms with Crippen LogP contribution in [0.2, 0.25) is 0 Å². The average molecular weight is 211 g/mol. The second-order valence-corrected chi connectivity index (χ2v) is 3.51. The third kappa shape index (κ3) is 11.4. The highest BCUT2D eigenvalue weighted by Crippen LogP contribution is 2.16. The second-order valence-electron chi connectivity index (χ2n) is 3.51. The molecular weight excluding hydrogens is 182 g/mol. The minimum absolute atomic E-state index is 1.14. The van der Waals surface area contributed by atoms with E-state index in [2.05, 4.69) is 38.2 Å². The van der Waals surface area contributed by atoms with Crippen molar-refractivity contribution < 1.29 is 0 Å². The molecule has 0 bridgehead atoms. The van der Waals surface area contributed by atoms with Crippen molar-refractivity contribution in [3.63, 3.8) is 0 Å². The van der Waals surface area contributed by atoms with Gasteiger partial charge < -0.3 is 5.32 Å². The van der Waals surface area contributed by atoms with Gasteiger partial charge in [-0.05, 0) is 46.7 Å². The lowest BCUT2D eigenvalue weighted by atomic mass is 10.0. The molecule has 1 heteroatoms. The Morgan fingerprint density at radius 1 is 1.27 bits per heavy atom. The van der Waals surface area contributed by atoms with E-state index in [9.17, 15) is 0 Å². The van der Waals surface area contributed by atoms with Crippen LogP contribution in [0.15, 0.2) is 23.3 Å². The van der Waals surface area contributed by atoms with E-state index in [1.165, 1.54) is 24.8 Å². The summed E-state index contributed by atoms with van der Waals surface area (Å²) in [6.45, 7) is 11.7. The summed E-state index contributed by atoms with van der Waals surface area (Å²) >= 11 is 0. The fraction of sp³-hybridized carbons (Fsp3) is 0.714. The molecule has 0 saturated carbocycles. The lowest BCUT2D eigenvalue weighted by Gasteiger charge is -2.06. The van der Waals surface area contributed by atoms with Gasteiger partial charge in [-0.1, -0.05) is 44.1 Å². The monoisotopic (exact) mass is 211 g/mol. The first-order valence-corrected chi connectivity index (χ1v) is 6.19. The Morgan fingerprint density at radius 2 is 1.87 bits per heavy atom. The van der Waals surface area contributed by atoms with Crippen molar-refractivity contribution in [2.24, 2.45) is 0 Å². The molecule has 0 atom stereocenters. The summed E-state index contributed by atoms with van der Waals surface area (Å²) in [4.78, 5) is 0. The van der Waals surface area contributed by atoms with Crippen LogP contribution in [0.5, 0.6) is 0 Å². The molecule has 1 N–H and O–H groups in total. The van der Waals surface area contributed by atoms with Gasteiger partial charge in [0.05, 0.1) is 0 Å². The molecule has 1 nitrogen and oxygen atoms in total. The molecule has 0 aromatic heterocycles. The molecule has 15 heavy (non-hydrogen) atoms. The van der Waals surface area contributed by atoms with Crippen LogP contribution in [-0.4, -0.2) is 13.6 Å². The van der Waals surface area contributed by atoms with Crippen LogP contribution >= 0.6 is 0 Å². The van der Waals surface area contributed by atoms with Gasteiger partial charge in [0.1, 0.15) is 0 Å². The summed E-state index contributed by atoms with van der Waals surface area (Å²) in [6.07, 6.45) is 8.18. The van der Waals surface area contributed by atoms with Gasteiger partial charge in [-0.15, -0.1) is 0 Å². The van der Waals surface area contributed by atoms with Crippen LogP contribution in [0.25, 0.3) is 0 Å². The summed E-state index contributed by atoms with van der Waals surface area (Å²) in [5, 5.41) is 3.02. The Hall–Kier alpha value is -0.560. The minimum Gasteiger partial charge on any atom is -0.320 e. The first-order chi connectivity index (χ1) is 7.22. The van der Waals surface area contributed by atoms with E-state index in [-0.39, 0.29) is 0 Å². The van der Waals surface area contributed by atoms with Crippen molar-refractivity contribution in [2.45, 2.75) is 53.9 Å². The lowest BCUT2D eigenvalue weighted by Crippen LogP contribution is -2.04. The van der Waals surface area contributed by atoms with Crippen LogP contribution < -0.4 is 5.32 Å². The molecule has 0 aromatic carbocycles. The minimum atomic E-state index is 1.14. The highest BCUT2D eigenvalue weighted by atomic mass is 14.8. The lowest BCUT2D eigenvalue weighted by molar-refractivity contribution is 0.772. The maximum Gasteiger partial charge on any atom is -0.00546 e. The molecule has 0 fully saturated rings. The van der Waals surface area contributed by atoms with Crippen LogP contribution in [0.4, 0.5) is 0 Å². The molecule has 0 aromatic rings. The van der Waals surface area contributed by atoms with E-state index in [0.717, 1.165) is 6.54 Å². The smallest absolute Gasteiger partial charge is 0.00546 e. The number of nitrogens with one attached hydrogen (secondary N) is 1. The first kappa shape index (κ1) is 16.9. The van der Waals surface area contributed by atoms with Crippen molar-refractivity contribution >= 4 is 0 Å². The number of hydrogen-bond acceptors (Lipinski definition) is 1. The largest absolute Gasteiger partial charge is 0.320 e. The summed E-state index contributed by atoms with van der Waals surface area (Å²) in [5.74, 6) is 0. The quantitative estimate of drug-likeness (QED) is 0.717. The highest BCUT2D eigenvalue weighted by Gasteiger charge is 1.96. The Morgan fingerprint density at radius 3 is 2.07 bits per heavy atom. The molecule has 0 aliphatic heterocycles. The maximum absolute atomic E-state index is 3.02. The summed E-state index contributed by atoms with van der Waals surface area (Å²) in [7, 11) is 1.96. The fourth-order valence-electron chi connectivity index (χ4n) is 1.15. The van der Waals surface area contributed by atoms with Crippen molar-refractivity contribution in [1.29, 1.82) is 0 Å². The van der Waals surface area contributed by atoms with E-state index in [0.29, 0.717) is 0 Å². The van der Waals surface area contributed by atoms with Gasteiger partial charge in [-0.25, -0.2) is 0 Å². The molecule has 0 unspecified atom stereocenters. The van der Waals surface area contributed by atoms with Crippen LogP contribution in [0.3, 0.4) is 0 Å². The van der Waals surface area contributed by atoms with Crippen molar-refractivity contribution in [1.82, 2.24) is 5.32 Å². The molecular formula is C14H29N. The van der Waals surface area contributed by atoms with E-state index in [1.807, 2.05) is 20.9 Å². The Balaban J connectivity index is 0. The first-order valence-electron chi connectivity index (χ1n) is 6.19. The van der Waals surface area contributed by atoms with Crippen molar-refractivity contribution in [3.8, 4) is 0 Å². The summed E-state index contributed by atoms with van der Waals surface area (Å²) in [5.41, 5.74) is 3.00. The van der Waals surface area contributed by atoms with Gasteiger partial charge in [-0.2, -0.15) is 0 Å². The zero-order valence-corrected chi connectivity index (χ0v) is 11.5. The maximum atomic E-state index is 3.02. The molecule has 0 spiro atoms. The molecule has 1 rings (SSSR count). The zero-order chi connectivity index (χ0) is 12.1. The topological polar surface area (TPSA) is 12.0 Å². The Bertz CT molecular complexity index is 176. The molecule has 0 saturated heterocycles. The predicted octanol–water partition coefficient (Wildman–Crippen LogP) is 4.31. The molecule has 0 amide bonds. The van der Waals surface area contributed by atoms with Gasteiger partial charge in [0.25, 0.3) is 0 Å². The Labute approximate surface area is 96.7 Å². The van der Waals surface area contributed by atoms with Gasteiger partial charge in [0.15, 0.2) is 0 Å². The molecule has 1 aliphatic rings. The third-order valence-electron chi connectivity index (χ3n) is 2.23. The van der Waals surface area contributed by atoms with Crippen LogP contribution in [-0.2, 0) is 0 Å². The van der Waals surface area contributed by atoms with Crippen molar-refractivity contribution in [2.75, 3.05) is 13.6 Å². The number of rotatable bonds is 2. The normalized spacial score (nSPS) is 13.7. The Kier molecular flexibility index (Phi) is 15.1. The average Bonchev–Trinajstić information content (AvgIpc) is 2.27. The standard InChI is InChI=1S/C8H12.C4H11N.C2H6/c1-7-5-3-4-6-8(7)2;1-3-4-5-2;1-2/h3,5H,4,6H2,1-2H3;5H,3-4H2,1-2H3;1-2H3. The van der Waals surface area contributed by atoms with Crippen LogP contribution in [0, 0.1) is 0 Å². The number of hydrogen-bond donors (Lipinski definition) is 1. The van der Waals surface area contributed by atoms with E-state index in [4.69, 9.17) is 0 Å². The van der Waals surface area contributed by atoms with Crippen molar-refractivity contribution in [3.05, 3.63) is 23.3 Å². The molecule has 1 aliphatic carbocycles. The highest BCUT2D eigenvalue weighted by molar-refractivity contribution is 5.25. The summed E-state index contributed by atoms with van der Waals surface area (Å²) < 4.78 is 0. The number of allylic oxidation sites excluding steroid dienone is 4. The van der Waals surface area contributed by atoms with Gasteiger partial charge in [0, 0.05) is 0 Å². The molecule has 0 heterocycles. The van der Waals surface area contributed by atoms with E-state index in [1.54, 1.807) is 5.57 Å². The zero-order valence-electron chi connectivity index (χ0n) is 11.5. The predicted molar refractivity (Wildman–Crippen MR) is 72.3 cm³/mol. The molecule has 90 valence electrons. The molecule has 0 radical (unpaired) electrons. The second kappa shape index (κ2) is 13.4. The third-order valence-corrected chi connectivity index (χ3v) is 2.23. The van der Waals surface area contributed by atoms with Crippen LogP contribution in [0.1, 0.15) is 53.9 Å². The van der Waals surface area contributed by atoms with Gasteiger partial charge in [-0.3, -0.25) is 0 Å². The SMILES string of the molecule is CC.CC1=C(C)CCC=C1.CCCNC. The van der Waals surface area contributed by atoms with Gasteiger partial charge >= 0.3 is 0 Å². The van der Waals surface area contributed by atoms with E-state index < -0.39 is 0 Å². The van der Waals surface area contributed by atoms with E-state index >= 15 is 0 Å². The summed E-state index contributed by atoms with van der Waals surface area (Å²) in [6, 6.07) is 0. The van der Waals surface area contributed by atoms with Gasteiger partial charge in [0.2, 0.25) is 0 Å². The fourth-order valence-corrected chi connectivity index (χ4v) is 1.15.